The molecule has 0 aromatic carbocycles. The minimum Gasteiger partial charge on any atom is -0.374 e. The van der Waals surface area contributed by atoms with E-state index in [0.717, 1.165) is 11.8 Å². The van der Waals surface area contributed by atoms with E-state index < -0.39 is 0 Å². The van der Waals surface area contributed by atoms with Crippen LogP contribution in [0.4, 0.5) is 0 Å². The van der Waals surface area contributed by atoms with Crippen LogP contribution in [0.3, 0.4) is 0 Å². The van der Waals surface area contributed by atoms with Gasteiger partial charge in [-0.05, 0) is 51.5 Å². The number of ether oxygens (including phenoxy) is 1. The van der Waals surface area contributed by atoms with Gasteiger partial charge in [-0.2, -0.15) is 0 Å². The SMILES string of the molecule is CNC(C1CCC(C)CC1)C1CCC(C)O1. The highest BCUT2D eigenvalue weighted by Crippen LogP contribution is 2.34. The Hall–Kier alpha value is -0.0800. The van der Waals surface area contributed by atoms with Gasteiger partial charge in [0.15, 0.2) is 0 Å². The first-order chi connectivity index (χ1) is 7.70. The number of likely N-dealkylation sites (N-methyl/N-ethyl adjacent to an activating group) is 1. The van der Waals surface area contributed by atoms with Crippen molar-refractivity contribution in [3.63, 3.8) is 0 Å². The predicted molar refractivity (Wildman–Crippen MR) is 67.5 cm³/mol. The van der Waals surface area contributed by atoms with E-state index in [1.165, 1.54) is 38.5 Å². The molecule has 1 heterocycles. The highest BCUT2D eigenvalue weighted by molar-refractivity contribution is 4.89. The molecular weight excluding hydrogens is 198 g/mol. The molecule has 1 aliphatic carbocycles. The fourth-order valence-electron chi connectivity index (χ4n) is 3.47. The Balaban J connectivity index is 1.89. The number of rotatable bonds is 3. The van der Waals surface area contributed by atoms with Gasteiger partial charge in [-0.1, -0.05) is 19.8 Å². The van der Waals surface area contributed by atoms with Crippen molar-refractivity contribution in [1.82, 2.24) is 5.32 Å². The highest BCUT2D eigenvalue weighted by Gasteiger charge is 2.35. The van der Waals surface area contributed by atoms with E-state index in [1.54, 1.807) is 0 Å². The Bertz CT molecular complexity index is 211. The second-order valence-corrected chi connectivity index (χ2v) is 5.90. The minimum absolute atomic E-state index is 0.471. The molecule has 94 valence electrons. The molecule has 0 radical (unpaired) electrons. The normalized spacial score (nSPS) is 42.2. The van der Waals surface area contributed by atoms with Crippen molar-refractivity contribution in [2.75, 3.05) is 7.05 Å². The van der Waals surface area contributed by atoms with Gasteiger partial charge in [0.25, 0.3) is 0 Å². The maximum absolute atomic E-state index is 6.03. The van der Waals surface area contributed by atoms with Crippen molar-refractivity contribution in [3.05, 3.63) is 0 Å². The first-order valence-corrected chi connectivity index (χ1v) is 7.03. The van der Waals surface area contributed by atoms with E-state index in [-0.39, 0.29) is 0 Å². The van der Waals surface area contributed by atoms with Crippen molar-refractivity contribution in [2.45, 2.75) is 70.6 Å². The Kier molecular flexibility index (Phi) is 4.26. The van der Waals surface area contributed by atoms with Crippen LogP contribution in [0.2, 0.25) is 0 Å². The van der Waals surface area contributed by atoms with Gasteiger partial charge in [-0.15, -0.1) is 0 Å². The van der Waals surface area contributed by atoms with Crippen LogP contribution in [0, 0.1) is 11.8 Å². The molecule has 2 rings (SSSR count). The zero-order valence-corrected chi connectivity index (χ0v) is 11.0. The molecule has 0 amide bonds. The van der Waals surface area contributed by atoms with Gasteiger partial charge < -0.3 is 10.1 Å². The van der Waals surface area contributed by atoms with Gasteiger partial charge in [0, 0.05) is 6.04 Å². The highest BCUT2D eigenvalue weighted by atomic mass is 16.5. The first-order valence-electron chi connectivity index (χ1n) is 7.03. The van der Waals surface area contributed by atoms with Crippen LogP contribution in [0.15, 0.2) is 0 Å². The Morgan fingerprint density at radius 3 is 2.19 bits per heavy atom. The van der Waals surface area contributed by atoms with E-state index in [4.69, 9.17) is 4.74 Å². The summed E-state index contributed by atoms with van der Waals surface area (Å²) in [5, 5.41) is 3.52. The Morgan fingerprint density at radius 1 is 1.00 bits per heavy atom. The smallest absolute Gasteiger partial charge is 0.0735 e. The van der Waals surface area contributed by atoms with E-state index >= 15 is 0 Å². The molecule has 1 saturated heterocycles. The monoisotopic (exact) mass is 225 g/mol. The molecule has 2 heteroatoms. The second-order valence-electron chi connectivity index (χ2n) is 5.90. The van der Waals surface area contributed by atoms with Crippen LogP contribution in [-0.4, -0.2) is 25.3 Å². The van der Waals surface area contributed by atoms with Gasteiger partial charge in [-0.3, -0.25) is 0 Å². The fourth-order valence-corrected chi connectivity index (χ4v) is 3.47. The van der Waals surface area contributed by atoms with Crippen molar-refractivity contribution < 1.29 is 4.74 Å². The molecule has 16 heavy (non-hydrogen) atoms. The molecule has 0 aromatic heterocycles. The lowest BCUT2D eigenvalue weighted by Gasteiger charge is -2.35. The minimum atomic E-state index is 0.471. The lowest BCUT2D eigenvalue weighted by molar-refractivity contribution is 0.0121. The number of hydrogen-bond donors (Lipinski definition) is 1. The molecule has 0 bridgehead atoms. The molecular formula is C14H27NO. The zero-order valence-electron chi connectivity index (χ0n) is 11.0. The van der Waals surface area contributed by atoms with Gasteiger partial charge >= 0.3 is 0 Å². The van der Waals surface area contributed by atoms with Crippen LogP contribution in [0.5, 0.6) is 0 Å². The molecule has 3 atom stereocenters. The molecule has 1 N–H and O–H groups in total. The summed E-state index contributed by atoms with van der Waals surface area (Å²) in [6.07, 6.45) is 9.03. The summed E-state index contributed by atoms with van der Waals surface area (Å²) in [4.78, 5) is 0. The number of nitrogens with one attached hydrogen (secondary N) is 1. The van der Waals surface area contributed by atoms with Crippen molar-refractivity contribution in [1.29, 1.82) is 0 Å². The zero-order chi connectivity index (χ0) is 11.5. The molecule has 2 aliphatic rings. The van der Waals surface area contributed by atoms with E-state index in [0.29, 0.717) is 18.2 Å². The average Bonchev–Trinajstić information content (AvgIpc) is 2.69. The maximum atomic E-state index is 6.03. The maximum Gasteiger partial charge on any atom is 0.0735 e. The standard InChI is InChI=1S/C14H27NO/c1-10-4-7-12(8-5-10)14(15-3)13-9-6-11(2)16-13/h10-15H,4-9H2,1-3H3. The molecule has 1 saturated carbocycles. The Morgan fingerprint density at radius 2 is 1.69 bits per heavy atom. The van der Waals surface area contributed by atoms with Crippen molar-refractivity contribution in [3.8, 4) is 0 Å². The lowest BCUT2D eigenvalue weighted by Crippen LogP contribution is -2.44. The lowest BCUT2D eigenvalue weighted by atomic mass is 9.77. The molecule has 2 nitrogen and oxygen atoms in total. The summed E-state index contributed by atoms with van der Waals surface area (Å²) in [5.41, 5.74) is 0. The molecule has 3 unspecified atom stereocenters. The third-order valence-corrected chi connectivity index (χ3v) is 4.57. The van der Waals surface area contributed by atoms with Crippen LogP contribution < -0.4 is 5.32 Å². The van der Waals surface area contributed by atoms with E-state index in [1.807, 2.05) is 0 Å². The third-order valence-electron chi connectivity index (χ3n) is 4.57. The van der Waals surface area contributed by atoms with Gasteiger partial charge in [0.1, 0.15) is 0 Å². The summed E-state index contributed by atoms with van der Waals surface area (Å²) < 4.78 is 6.03. The van der Waals surface area contributed by atoms with Crippen LogP contribution >= 0.6 is 0 Å². The van der Waals surface area contributed by atoms with Gasteiger partial charge in [-0.25, -0.2) is 0 Å². The van der Waals surface area contributed by atoms with Crippen LogP contribution in [0.25, 0.3) is 0 Å². The first kappa shape index (κ1) is 12.4. The van der Waals surface area contributed by atoms with E-state index in [2.05, 4.69) is 26.2 Å². The summed E-state index contributed by atoms with van der Waals surface area (Å²) in [6, 6.07) is 0.595. The van der Waals surface area contributed by atoms with Crippen LogP contribution in [-0.2, 0) is 4.74 Å². The predicted octanol–water partition coefficient (Wildman–Crippen LogP) is 2.97. The summed E-state index contributed by atoms with van der Waals surface area (Å²) in [7, 11) is 2.11. The quantitative estimate of drug-likeness (QED) is 0.797. The molecule has 0 spiro atoms. The summed E-state index contributed by atoms with van der Waals surface area (Å²) in [5.74, 6) is 1.79. The molecule has 2 fully saturated rings. The molecule has 0 aromatic rings. The second kappa shape index (κ2) is 5.50. The largest absolute Gasteiger partial charge is 0.374 e. The van der Waals surface area contributed by atoms with Crippen molar-refractivity contribution >= 4 is 0 Å². The topological polar surface area (TPSA) is 21.3 Å². The van der Waals surface area contributed by atoms with Crippen molar-refractivity contribution in [2.24, 2.45) is 11.8 Å². The number of hydrogen-bond acceptors (Lipinski definition) is 2. The average molecular weight is 225 g/mol. The summed E-state index contributed by atoms with van der Waals surface area (Å²) in [6.45, 7) is 4.59. The van der Waals surface area contributed by atoms with Crippen LogP contribution in [0.1, 0.15) is 52.4 Å². The van der Waals surface area contributed by atoms with Gasteiger partial charge in [0.05, 0.1) is 12.2 Å². The van der Waals surface area contributed by atoms with Gasteiger partial charge in [0.2, 0.25) is 0 Å². The summed E-state index contributed by atoms with van der Waals surface area (Å²) >= 11 is 0. The third kappa shape index (κ3) is 2.78. The van der Waals surface area contributed by atoms with E-state index in [9.17, 15) is 0 Å². The Labute approximate surface area is 100 Å². The fraction of sp³-hybridized carbons (Fsp3) is 1.00. The molecule has 1 aliphatic heterocycles.